The third-order valence-electron chi connectivity index (χ3n) is 2.73. The zero-order chi connectivity index (χ0) is 14.9. The molecule has 1 aromatic heterocycles. The highest BCUT2D eigenvalue weighted by Crippen LogP contribution is 2.15. The number of anilines is 3. The number of methoxy groups -OCH3 is 1. The van der Waals surface area contributed by atoms with Crippen molar-refractivity contribution >= 4 is 17.5 Å². The van der Waals surface area contributed by atoms with Gasteiger partial charge in [-0.05, 0) is 30.7 Å². The summed E-state index contributed by atoms with van der Waals surface area (Å²) in [5.41, 5.74) is 1.37. The maximum Gasteiger partial charge on any atom is 0.229 e. The molecular formula is C15H17N5O. The van der Waals surface area contributed by atoms with Gasteiger partial charge in [-0.1, -0.05) is 6.07 Å². The number of rotatable bonds is 7. The minimum atomic E-state index is 0.488. The Balaban J connectivity index is 1.98. The molecule has 21 heavy (non-hydrogen) atoms. The molecule has 0 saturated heterocycles. The molecule has 0 fully saturated rings. The maximum absolute atomic E-state index is 8.88. The molecule has 0 bridgehead atoms. The van der Waals surface area contributed by atoms with Gasteiger partial charge in [0.1, 0.15) is 5.82 Å². The number of ether oxygens (including phenoxy) is 1. The molecule has 0 aliphatic heterocycles. The van der Waals surface area contributed by atoms with E-state index >= 15 is 0 Å². The second-order valence-corrected chi connectivity index (χ2v) is 4.36. The van der Waals surface area contributed by atoms with E-state index in [1.807, 2.05) is 18.2 Å². The van der Waals surface area contributed by atoms with Crippen LogP contribution in [0.25, 0.3) is 0 Å². The molecule has 0 atom stereocenters. The standard InChI is InChI=1S/C15H17N5O/c1-21-9-3-7-17-14-6-8-18-15(20-14)19-13-5-2-4-12(10-13)11-16/h2,4-6,8,10H,3,7,9H2,1H3,(H2,17,18,19,20). The first kappa shape index (κ1) is 14.8. The van der Waals surface area contributed by atoms with Gasteiger partial charge in [0, 0.05) is 32.1 Å². The number of hydrogen-bond donors (Lipinski definition) is 2. The number of aromatic nitrogens is 2. The largest absolute Gasteiger partial charge is 0.385 e. The fourth-order valence-corrected chi connectivity index (χ4v) is 1.75. The highest BCUT2D eigenvalue weighted by molar-refractivity contribution is 5.57. The van der Waals surface area contributed by atoms with Crippen LogP contribution in [-0.4, -0.2) is 30.2 Å². The quantitative estimate of drug-likeness (QED) is 0.760. The molecule has 1 aromatic carbocycles. The van der Waals surface area contributed by atoms with Crippen LogP contribution in [0.15, 0.2) is 36.5 Å². The molecule has 2 aromatic rings. The number of hydrogen-bond acceptors (Lipinski definition) is 6. The number of nitriles is 1. The minimum Gasteiger partial charge on any atom is -0.385 e. The molecule has 6 nitrogen and oxygen atoms in total. The number of nitrogens with one attached hydrogen (secondary N) is 2. The van der Waals surface area contributed by atoms with Crippen molar-refractivity contribution in [2.24, 2.45) is 0 Å². The molecule has 0 amide bonds. The Labute approximate surface area is 123 Å². The summed E-state index contributed by atoms with van der Waals surface area (Å²) in [5, 5.41) is 15.2. The fourth-order valence-electron chi connectivity index (χ4n) is 1.75. The van der Waals surface area contributed by atoms with Gasteiger partial charge in [-0.15, -0.1) is 0 Å². The predicted molar refractivity (Wildman–Crippen MR) is 81.5 cm³/mol. The van der Waals surface area contributed by atoms with E-state index in [-0.39, 0.29) is 0 Å². The molecule has 0 radical (unpaired) electrons. The van der Waals surface area contributed by atoms with Crippen molar-refractivity contribution in [2.75, 3.05) is 30.9 Å². The summed E-state index contributed by atoms with van der Waals surface area (Å²) >= 11 is 0. The van der Waals surface area contributed by atoms with Crippen LogP contribution in [-0.2, 0) is 4.74 Å². The van der Waals surface area contributed by atoms with Crippen molar-refractivity contribution in [2.45, 2.75) is 6.42 Å². The van der Waals surface area contributed by atoms with Gasteiger partial charge in [0.25, 0.3) is 0 Å². The van der Waals surface area contributed by atoms with E-state index < -0.39 is 0 Å². The molecule has 2 N–H and O–H groups in total. The van der Waals surface area contributed by atoms with E-state index in [0.717, 1.165) is 24.5 Å². The molecule has 1 heterocycles. The Morgan fingerprint density at radius 2 is 2.24 bits per heavy atom. The summed E-state index contributed by atoms with van der Waals surface area (Å²) in [7, 11) is 1.68. The van der Waals surface area contributed by atoms with Crippen molar-refractivity contribution in [3.63, 3.8) is 0 Å². The second-order valence-electron chi connectivity index (χ2n) is 4.36. The smallest absolute Gasteiger partial charge is 0.229 e. The Morgan fingerprint density at radius 1 is 1.33 bits per heavy atom. The van der Waals surface area contributed by atoms with Gasteiger partial charge < -0.3 is 15.4 Å². The van der Waals surface area contributed by atoms with E-state index in [2.05, 4.69) is 26.7 Å². The molecule has 108 valence electrons. The second kappa shape index (κ2) is 7.82. The first-order valence-corrected chi connectivity index (χ1v) is 6.65. The van der Waals surface area contributed by atoms with Crippen molar-refractivity contribution in [3.8, 4) is 6.07 Å². The normalized spacial score (nSPS) is 9.90. The molecular weight excluding hydrogens is 266 g/mol. The average molecular weight is 283 g/mol. The van der Waals surface area contributed by atoms with Crippen LogP contribution in [0.3, 0.4) is 0 Å². The Bertz CT molecular complexity index is 623. The van der Waals surface area contributed by atoms with Crippen molar-refractivity contribution in [3.05, 3.63) is 42.1 Å². The third kappa shape index (κ3) is 4.75. The van der Waals surface area contributed by atoms with Gasteiger partial charge in [-0.3, -0.25) is 0 Å². The monoisotopic (exact) mass is 283 g/mol. The van der Waals surface area contributed by atoms with Crippen molar-refractivity contribution < 1.29 is 4.74 Å². The summed E-state index contributed by atoms with van der Waals surface area (Å²) in [6.45, 7) is 1.50. The van der Waals surface area contributed by atoms with Crippen LogP contribution >= 0.6 is 0 Å². The summed E-state index contributed by atoms with van der Waals surface area (Å²) in [6.07, 6.45) is 2.59. The molecule has 0 aliphatic carbocycles. The lowest BCUT2D eigenvalue weighted by atomic mass is 10.2. The van der Waals surface area contributed by atoms with Crippen LogP contribution in [0.1, 0.15) is 12.0 Å². The summed E-state index contributed by atoms with van der Waals surface area (Å²) in [5.74, 6) is 1.24. The topological polar surface area (TPSA) is 82.9 Å². The van der Waals surface area contributed by atoms with E-state index in [4.69, 9.17) is 10.00 Å². The fraction of sp³-hybridized carbons (Fsp3) is 0.267. The Morgan fingerprint density at radius 3 is 3.05 bits per heavy atom. The molecule has 2 rings (SSSR count). The van der Waals surface area contributed by atoms with E-state index in [1.54, 1.807) is 25.4 Å². The summed E-state index contributed by atoms with van der Waals surface area (Å²) in [4.78, 5) is 8.53. The molecule has 0 unspecified atom stereocenters. The molecule has 6 heteroatoms. The SMILES string of the molecule is COCCCNc1ccnc(Nc2cccc(C#N)c2)n1. The zero-order valence-corrected chi connectivity index (χ0v) is 11.8. The lowest BCUT2D eigenvalue weighted by Gasteiger charge is -2.08. The first-order valence-electron chi connectivity index (χ1n) is 6.65. The van der Waals surface area contributed by atoms with Crippen LogP contribution in [0.2, 0.25) is 0 Å². The molecule has 0 spiro atoms. The van der Waals surface area contributed by atoms with Gasteiger partial charge in [0.15, 0.2) is 0 Å². The van der Waals surface area contributed by atoms with E-state index in [1.165, 1.54) is 0 Å². The summed E-state index contributed by atoms with van der Waals surface area (Å²) in [6, 6.07) is 11.1. The Hall–Kier alpha value is -2.65. The Kier molecular flexibility index (Phi) is 5.50. The maximum atomic E-state index is 8.88. The van der Waals surface area contributed by atoms with Gasteiger partial charge in [0.2, 0.25) is 5.95 Å². The van der Waals surface area contributed by atoms with Crippen LogP contribution < -0.4 is 10.6 Å². The van der Waals surface area contributed by atoms with Gasteiger partial charge >= 0.3 is 0 Å². The van der Waals surface area contributed by atoms with E-state index in [0.29, 0.717) is 18.1 Å². The average Bonchev–Trinajstić information content (AvgIpc) is 2.52. The molecule has 0 aliphatic rings. The molecule has 0 saturated carbocycles. The lowest BCUT2D eigenvalue weighted by molar-refractivity contribution is 0.198. The number of nitrogens with zero attached hydrogens (tertiary/aromatic N) is 3. The van der Waals surface area contributed by atoms with Crippen molar-refractivity contribution in [1.82, 2.24) is 9.97 Å². The van der Waals surface area contributed by atoms with Gasteiger partial charge in [-0.25, -0.2) is 4.98 Å². The first-order chi connectivity index (χ1) is 10.3. The minimum absolute atomic E-state index is 0.488. The predicted octanol–water partition coefficient (Wildman–Crippen LogP) is 2.54. The lowest BCUT2D eigenvalue weighted by Crippen LogP contribution is -2.07. The highest BCUT2D eigenvalue weighted by Gasteiger charge is 2.01. The van der Waals surface area contributed by atoms with Crippen LogP contribution in [0.4, 0.5) is 17.5 Å². The van der Waals surface area contributed by atoms with Crippen LogP contribution in [0.5, 0.6) is 0 Å². The third-order valence-corrected chi connectivity index (χ3v) is 2.73. The van der Waals surface area contributed by atoms with Crippen LogP contribution in [0, 0.1) is 11.3 Å². The number of benzene rings is 1. The van der Waals surface area contributed by atoms with Gasteiger partial charge in [-0.2, -0.15) is 10.2 Å². The highest BCUT2D eigenvalue weighted by atomic mass is 16.5. The van der Waals surface area contributed by atoms with E-state index in [9.17, 15) is 0 Å². The van der Waals surface area contributed by atoms with Gasteiger partial charge in [0.05, 0.1) is 11.6 Å². The zero-order valence-electron chi connectivity index (χ0n) is 11.8. The summed E-state index contributed by atoms with van der Waals surface area (Å²) < 4.78 is 4.99. The van der Waals surface area contributed by atoms with Crippen molar-refractivity contribution in [1.29, 1.82) is 5.26 Å².